The highest BCUT2D eigenvalue weighted by molar-refractivity contribution is 5.36. The molecule has 1 aromatic carbocycles. The Bertz CT molecular complexity index is 593. The van der Waals surface area contributed by atoms with Gasteiger partial charge in [0.05, 0.1) is 11.3 Å². The van der Waals surface area contributed by atoms with Crippen molar-refractivity contribution in [2.45, 2.75) is 6.18 Å². The fourth-order valence-electron chi connectivity index (χ4n) is 1.29. The summed E-state index contributed by atoms with van der Waals surface area (Å²) in [6, 6.07) is 4.26. The van der Waals surface area contributed by atoms with Crippen LogP contribution >= 0.6 is 0 Å². The van der Waals surface area contributed by atoms with E-state index in [1.54, 1.807) is 0 Å². The van der Waals surface area contributed by atoms with Crippen molar-refractivity contribution < 1.29 is 18.1 Å². The first-order valence-corrected chi connectivity index (χ1v) is 4.61. The maximum atomic E-state index is 12.5. The van der Waals surface area contributed by atoms with E-state index in [0.29, 0.717) is 0 Å². The molecule has 94 valence electrons. The van der Waals surface area contributed by atoms with Gasteiger partial charge in [-0.1, -0.05) is 11.1 Å². The number of hydrogen-bond donors (Lipinski definition) is 0. The fraction of sp³-hybridized carbons (Fsp3) is 0.111. The fourth-order valence-corrected chi connectivity index (χ4v) is 1.29. The quantitative estimate of drug-likeness (QED) is 0.611. The van der Waals surface area contributed by atoms with Crippen LogP contribution in [0.25, 0.3) is 5.69 Å². The third-order valence-electron chi connectivity index (χ3n) is 2.08. The zero-order valence-corrected chi connectivity index (χ0v) is 8.63. The van der Waals surface area contributed by atoms with Gasteiger partial charge in [-0.25, -0.2) is 0 Å². The Morgan fingerprint density at radius 1 is 1.33 bits per heavy atom. The zero-order chi connectivity index (χ0) is 13.3. The molecule has 0 atom stereocenters. The second-order valence-corrected chi connectivity index (χ2v) is 3.29. The molecular weight excluding hydrogens is 253 g/mol. The number of alkyl halides is 3. The Labute approximate surface area is 97.8 Å². The molecule has 0 amide bonds. The van der Waals surface area contributed by atoms with Crippen LogP contribution in [0, 0.1) is 10.1 Å². The minimum atomic E-state index is -4.48. The summed E-state index contributed by atoms with van der Waals surface area (Å²) in [6.45, 7) is 0. The van der Waals surface area contributed by atoms with Crippen LogP contribution < -0.4 is 0 Å². The lowest BCUT2D eigenvalue weighted by molar-refractivity contribution is -0.394. The molecule has 0 unspecified atom stereocenters. The van der Waals surface area contributed by atoms with E-state index in [9.17, 15) is 23.3 Å². The number of aromatic nitrogens is 3. The van der Waals surface area contributed by atoms with Crippen molar-refractivity contribution in [2.75, 3.05) is 0 Å². The lowest BCUT2D eigenvalue weighted by Gasteiger charge is -2.06. The first-order chi connectivity index (χ1) is 8.38. The Morgan fingerprint density at radius 2 is 2.06 bits per heavy atom. The van der Waals surface area contributed by atoms with Crippen LogP contribution in [-0.4, -0.2) is 19.7 Å². The van der Waals surface area contributed by atoms with Gasteiger partial charge in [-0.2, -0.15) is 13.2 Å². The molecule has 0 aliphatic rings. The molecule has 0 radical (unpaired) electrons. The maximum absolute atomic E-state index is 12.5. The first kappa shape index (κ1) is 12.0. The summed E-state index contributed by atoms with van der Waals surface area (Å²) in [4.78, 5) is 12.9. The van der Waals surface area contributed by atoms with Crippen molar-refractivity contribution in [3.05, 3.63) is 46.3 Å². The zero-order valence-electron chi connectivity index (χ0n) is 8.63. The predicted octanol–water partition coefficient (Wildman–Crippen LogP) is 2.19. The van der Waals surface area contributed by atoms with E-state index in [2.05, 4.69) is 10.1 Å². The van der Waals surface area contributed by atoms with Crippen molar-refractivity contribution >= 4 is 5.95 Å². The molecule has 0 aliphatic heterocycles. The highest BCUT2D eigenvalue weighted by Crippen LogP contribution is 2.30. The topological polar surface area (TPSA) is 73.8 Å². The third-order valence-corrected chi connectivity index (χ3v) is 2.08. The number of nitrogens with zero attached hydrogens (tertiary/aromatic N) is 4. The number of rotatable bonds is 2. The lowest BCUT2D eigenvalue weighted by atomic mass is 10.2. The summed E-state index contributed by atoms with van der Waals surface area (Å²) in [7, 11) is 0. The van der Waals surface area contributed by atoms with Gasteiger partial charge < -0.3 is 10.1 Å². The van der Waals surface area contributed by atoms with Crippen LogP contribution in [-0.2, 0) is 6.18 Å². The van der Waals surface area contributed by atoms with Gasteiger partial charge in [-0.15, -0.1) is 4.68 Å². The van der Waals surface area contributed by atoms with Gasteiger partial charge in [0.25, 0.3) is 0 Å². The molecular formula is C9H5F3N4O2. The molecule has 0 spiro atoms. The van der Waals surface area contributed by atoms with Gasteiger partial charge in [-0.3, -0.25) is 0 Å². The normalized spacial score (nSPS) is 11.5. The van der Waals surface area contributed by atoms with Gasteiger partial charge in [0.1, 0.15) is 0 Å². The summed E-state index contributed by atoms with van der Waals surface area (Å²) < 4.78 is 38.3. The molecule has 0 N–H and O–H groups in total. The molecule has 6 nitrogen and oxygen atoms in total. The van der Waals surface area contributed by atoms with E-state index in [-0.39, 0.29) is 5.69 Å². The van der Waals surface area contributed by atoms with Crippen LogP contribution in [0.2, 0.25) is 0 Å². The Balaban J connectivity index is 2.41. The summed E-state index contributed by atoms with van der Waals surface area (Å²) >= 11 is 0. The smallest absolute Gasteiger partial charge is 0.390 e. The van der Waals surface area contributed by atoms with E-state index in [0.717, 1.165) is 23.1 Å². The standard InChI is InChI=1S/C9H5F3N4O2/c10-9(11,12)6-2-1-3-7(4-6)15-5-13-8(14-15)16(17)18/h1-5H. The second-order valence-electron chi connectivity index (χ2n) is 3.29. The van der Waals surface area contributed by atoms with Crippen LogP contribution in [0.15, 0.2) is 30.6 Å². The van der Waals surface area contributed by atoms with Crippen molar-refractivity contribution in [1.82, 2.24) is 14.8 Å². The van der Waals surface area contributed by atoms with Crippen LogP contribution in [0.4, 0.5) is 19.1 Å². The summed E-state index contributed by atoms with van der Waals surface area (Å²) in [5.74, 6) is -0.674. The highest BCUT2D eigenvalue weighted by Gasteiger charge is 2.30. The molecule has 1 heterocycles. The van der Waals surface area contributed by atoms with Gasteiger partial charge in [-0.05, 0) is 23.1 Å². The molecule has 0 aliphatic carbocycles. The Hall–Kier alpha value is -2.45. The van der Waals surface area contributed by atoms with Crippen molar-refractivity contribution in [3.63, 3.8) is 0 Å². The molecule has 9 heteroatoms. The molecule has 2 aromatic rings. The molecule has 2 rings (SSSR count). The number of benzene rings is 1. The van der Waals surface area contributed by atoms with E-state index >= 15 is 0 Å². The van der Waals surface area contributed by atoms with Gasteiger partial charge in [0, 0.05) is 5.10 Å². The molecule has 18 heavy (non-hydrogen) atoms. The lowest BCUT2D eigenvalue weighted by Crippen LogP contribution is -2.06. The highest BCUT2D eigenvalue weighted by atomic mass is 19.4. The van der Waals surface area contributed by atoms with E-state index in [4.69, 9.17) is 0 Å². The molecule has 0 bridgehead atoms. The predicted molar refractivity (Wildman–Crippen MR) is 53.0 cm³/mol. The van der Waals surface area contributed by atoms with Crippen LogP contribution in [0.1, 0.15) is 5.56 Å². The Morgan fingerprint density at radius 3 is 2.61 bits per heavy atom. The first-order valence-electron chi connectivity index (χ1n) is 4.61. The summed E-state index contributed by atoms with van der Waals surface area (Å²) in [6.07, 6.45) is -3.50. The van der Waals surface area contributed by atoms with Crippen molar-refractivity contribution in [1.29, 1.82) is 0 Å². The molecule has 0 fully saturated rings. The van der Waals surface area contributed by atoms with E-state index < -0.39 is 22.6 Å². The number of hydrogen-bond acceptors (Lipinski definition) is 4. The van der Waals surface area contributed by atoms with Gasteiger partial charge >= 0.3 is 12.1 Å². The third kappa shape index (κ3) is 2.29. The minimum absolute atomic E-state index is 0.0467. The molecule has 0 saturated heterocycles. The Kier molecular flexibility index (Phi) is 2.73. The number of halogens is 3. The minimum Gasteiger partial charge on any atom is -0.390 e. The largest absolute Gasteiger partial charge is 0.491 e. The average Bonchev–Trinajstić information content (AvgIpc) is 2.77. The average molecular weight is 258 g/mol. The number of nitro groups is 1. The monoisotopic (exact) mass is 258 g/mol. The summed E-state index contributed by atoms with van der Waals surface area (Å²) in [5, 5.41) is 13.8. The molecule has 1 aromatic heterocycles. The van der Waals surface area contributed by atoms with E-state index in [1.807, 2.05) is 0 Å². The van der Waals surface area contributed by atoms with Crippen molar-refractivity contribution in [3.8, 4) is 5.69 Å². The second kappa shape index (κ2) is 4.09. The molecule has 0 saturated carbocycles. The summed E-state index contributed by atoms with van der Waals surface area (Å²) in [5.41, 5.74) is -0.816. The SMILES string of the molecule is O=[N+]([O-])c1ncn(-c2cccc(C(F)(F)F)c2)n1. The van der Waals surface area contributed by atoms with Gasteiger partial charge in [0.15, 0.2) is 0 Å². The van der Waals surface area contributed by atoms with Gasteiger partial charge in [0.2, 0.25) is 6.33 Å². The van der Waals surface area contributed by atoms with Crippen LogP contribution in [0.3, 0.4) is 0 Å². The van der Waals surface area contributed by atoms with Crippen molar-refractivity contribution in [2.24, 2.45) is 0 Å². The van der Waals surface area contributed by atoms with Crippen LogP contribution in [0.5, 0.6) is 0 Å². The maximum Gasteiger partial charge on any atom is 0.491 e. The van der Waals surface area contributed by atoms with E-state index in [1.165, 1.54) is 12.1 Å².